The van der Waals surface area contributed by atoms with E-state index in [-0.39, 0.29) is 39.6 Å². The van der Waals surface area contributed by atoms with Crippen LogP contribution in [0.25, 0.3) is 5.69 Å². The van der Waals surface area contributed by atoms with Gasteiger partial charge in [-0.15, -0.1) is 5.10 Å². The quantitative estimate of drug-likeness (QED) is 0.350. The Morgan fingerprint density at radius 3 is 2.42 bits per heavy atom. The van der Waals surface area contributed by atoms with E-state index < -0.39 is 16.0 Å². The van der Waals surface area contributed by atoms with Gasteiger partial charge in [0, 0.05) is 5.02 Å². The molecule has 0 spiro atoms. The summed E-state index contributed by atoms with van der Waals surface area (Å²) in [7, 11) is -4.13. The molecule has 164 valence electrons. The zero-order valence-electron chi connectivity index (χ0n) is 16.0. The number of hydrogen-bond acceptors (Lipinski definition) is 9. The molecule has 31 heavy (non-hydrogen) atoms. The van der Waals surface area contributed by atoms with Crippen LogP contribution in [-0.4, -0.2) is 36.0 Å². The van der Waals surface area contributed by atoms with Crippen LogP contribution < -0.4 is 15.7 Å². The van der Waals surface area contributed by atoms with Gasteiger partial charge in [-0.1, -0.05) is 11.6 Å². The summed E-state index contributed by atoms with van der Waals surface area (Å²) < 4.78 is 33.8. The van der Waals surface area contributed by atoms with Gasteiger partial charge in [0.2, 0.25) is 0 Å². The summed E-state index contributed by atoms with van der Waals surface area (Å²) in [4.78, 5) is 12.3. The normalized spacial score (nSPS) is 11.2. The fourth-order valence-corrected chi connectivity index (χ4v) is 3.76. The van der Waals surface area contributed by atoms with Crippen LogP contribution in [0.4, 0.5) is 17.3 Å². The maximum Gasteiger partial charge on any atom is 0.345 e. The summed E-state index contributed by atoms with van der Waals surface area (Å²) in [5.74, 6) is -1.41. The van der Waals surface area contributed by atoms with Gasteiger partial charge in [0.25, 0.3) is 10.0 Å². The largest absolute Gasteiger partial charge is 0.733 e. The SMILES string of the molecule is CCOC(=O)c1c(NS(=O)(=O)c2ccc(Cl)cc2)nn(-c2ccc(N([O-])O)cc2)c1N. The van der Waals surface area contributed by atoms with Crippen molar-refractivity contribution < 1.29 is 23.2 Å². The monoisotopic (exact) mass is 466 g/mol. The number of halogens is 1. The fraction of sp³-hybridized carbons (Fsp3) is 0.111. The van der Waals surface area contributed by atoms with E-state index in [9.17, 15) is 18.4 Å². The average molecular weight is 467 g/mol. The third kappa shape index (κ3) is 4.72. The molecule has 3 aromatic rings. The predicted molar refractivity (Wildman–Crippen MR) is 114 cm³/mol. The second-order valence-electron chi connectivity index (χ2n) is 6.09. The Balaban J connectivity index is 2.07. The molecule has 0 saturated carbocycles. The number of nitrogens with two attached hydrogens (primary N) is 1. The lowest BCUT2D eigenvalue weighted by molar-refractivity contribution is 0.0529. The van der Waals surface area contributed by atoms with Crippen LogP contribution in [0.1, 0.15) is 17.3 Å². The number of nitrogens with zero attached hydrogens (tertiary/aromatic N) is 3. The highest BCUT2D eigenvalue weighted by atomic mass is 35.5. The molecule has 11 nitrogen and oxygen atoms in total. The average Bonchev–Trinajstić information content (AvgIpc) is 3.03. The molecule has 4 N–H and O–H groups in total. The number of sulfonamides is 1. The van der Waals surface area contributed by atoms with Crippen LogP contribution in [0, 0.1) is 5.21 Å². The molecule has 0 aliphatic heterocycles. The molecule has 0 radical (unpaired) electrons. The van der Waals surface area contributed by atoms with E-state index in [2.05, 4.69) is 9.82 Å². The van der Waals surface area contributed by atoms with Crippen LogP contribution in [-0.2, 0) is 14.8 Å². The number of nitrogen functional groups attached to an aromatic ring is 1. The molecule has 0 amide bonds. The van der Waals surface area contributed by atoms with E-state index in [1.807, 2.05) is 0 Å². The highest BCUT2D eigenvalue weighted by Crippen LogP contribution is 2.29. The minimum atomic E-state index is -4.13. The first-order chi connectivity index (χ1) is 14.6. The third-order valence-electron chi connectivity index (χ3n) is 4.07. The number of benzene rings is 2. The van der Waals surface area contributed by atoms with Crippen molar-refractivity contribution in [2.75, 3.05) is 22.3 Å². The van der Waals surface area contributed by atoms with Crippen molar-refractivity contribution in [3.05, 3.63) is 64.3 Å². The van der Waals surface area contributed by atoms with Crippen molar-refractivity contribution >= 4 is 44.9 Å². The van der Waals surface area contributed by atoms with Crippen LogP contribution in [0.2, 0.25) is 5.02 Å². The van der Waals surface area contributed by atoms with Crippen molar-refractivity contribution in [1.29, 1.82) is 0 Å². The molecule has 13 heteroatoms. The zero-order valence-corrected chi connectivity index (χ0v) is 17.6. The summed E-state index contributed by atoms with van der Waals surface area (Å²) in [5, 5.41) is 24.1. The smallest absolute Gasteiger partial charge is 0.345 e. The Hall–Kier alpha value is -3.32. The molecule has 0 atom stereocenters. The number of carbonyl (C=O) groups is 1. The molecular formula is C18H17ClN5O6S-. The summed E-state index contributed by atoms with van der Waals surface area (Å²) in [6, 6.07) is 10.7. The second kappa shape index (κ2) is 8.81. The third-order valence-corrected chi connectivity index (χ3v) is 5.68. The van der Waals surface area contributed by atoms with Crippen molar-refractivity contribution in [2.24, 2.45) is 0 Å². The van der Waals surface area contributed by atoms with Gasteiger partial charge in [-0.25, -0.2) is 17.9 Å². The maximum atomic E-state index is 12.8. The maximum absolute atomic E-state index is 12.8. The first kappa shape index (κ1) is 22.4. The number of nitrogens with one attached hydrogen (secondary N) is 1. The molecule has 0 bridgehead atoms. The number of esters is 1. The van der Waals surface area contributed by atoms with Crippen LogP contribution in [0.15, 0.2) is 53.4 Å². The lowest BCUT2D eigenvalue weighted by Crippen LogP contribution is -2.16. The van der Waals surface area contributed by atoms with Crippen molar-refractivity contribution in [3.8, 4) is 5.69 Å². The highest BCUT2D eigenvalue weighted by Gasteiger charge is 2.28. The molecule has 3 rings (SSSR count). The highest BCUT2D eigenvalue weighted by molar-refractivity contribution is 7.92. The molecule has 0 aliphatic carbocycles. The van der Waals surface area contributed by atoms with Gasteiger partial charge in [0.05, 0.1) is 22.9 Å². The minimum Gasteiger partial charge on any atom is -0.733 e. The number of rotatable bonds is 7. The van der Waals surface area contributed by atoms with Crippen molar-refractivity contribution in [1.82, 2.24) is 9.78 Å². The first-order valence-corrected chi connectivity index (χ1v) is 10.6. The van der Waals surface area contributed by atoms with E-state index >= 15 is 0 Å². The lowest BCUT2D eigenvalue weighted by atomic mass is 10.2. The van der Waals surface area contributed by atoms with Crippen molar-refractivity contribution in [3.63, 3.8) is 0 Å². The lowest BCUT2D eigenvalue weighted by Gasteiger charge is -2.21. The molecule has 1 heterocycles. The first-order valence-electron chi connectivity index (χ1n) is 8.74. The minimum absolute atomic E-state index is 0.0252. The van der Waals surface area contributed by atoms with Gasteiger partial charge < -0.3 is 20.9 Å². The molecular weight excluding hydrogens is 450 g/mol. The van der Waals surface area contributed by atoms with E-state index in [1.54, 1.807) is 6.92 Å². The molecule has 2 aromatic carbocycles. The Kier molecular flexibility index (Phi) is 6.36. The summed E-state index contributed by atoms with van der Waals surface area (Å²) in [6.07, 6.45) is 0. The fourth-order valence-electron chi connectivity index (χ4n) is 2.63. The molecule has 0 unspecified atom stereocenters. The topological polar surface area (TPSA) is 163 Å². The predicted octanol–water partition coefficient (Wildman–Crippen LogP) is 2.78. The van der Waals surface area contributed by atoms with Gasteiger partial charge in [-0.05, 0) is 55.5 Å². The Morgan fingerprint density at radius 2 is 1.87 bits per heavy atom. The number of carbonyl (C=O) groups excluding carboxylic acids is 1. The zero-order chi connectivity index (χ0) is 22.8. The Labute approximate surface area is 182 Å². The van der Waals surface area contributed by atoms with E-state index in [1.165, 1.54) is 48.5 Å². The molecule has 0 saturated heterocycles. The second-order valence-corrected chi connectivity index (χ2v) is 8.21. The van der Waals surface area contributed by atoms with Crippen LogP contribution >= 0.6 is 11.6 Å². The number of ether oxygens (including phenoxy) is 1. The van der Waals surface area contributed by atoms with Crippen LogP contribution in [0.3, 0.4) is 0 Å². The van der Waals surface area contributed by atoms with E-state index in [0.29, 0.717) is 10.7 Å². The number of aromatic nitrogens is 2. The number of hydrogen-bond donors (Lipinski definition) is 3. The molecule has 0 fully saturated rings. The van der Waals surface area contributed by atoms with E-state index in [0.717, 1.165) is 4.68 Å². The summed E-state index contributed by atoms with van der Waals surface area (Å²) in [5.41, 5.74) is 6.03. The Bertz CT molecular complexity index is 1190. The van der Waals surface area contributed by atoms with Gasteiger partial charge in [0.15, 0.2) is 5.82 Å². The van der Waals surface area contributed by atoms with Gasteiger partial charge in [0.1, 0.15) is 11.4 Å². The molecule has 1 aromatic heterocycles. The summed E-state index contributed by atoms with van der Waals surface area (Å²) >= 11 is 5.80. The Morgan fingerprint density at radius 1 is 1.26 bits per heavy atom. The van der Waals surface area contributed by atoms with E-state index in [4.69, 9.17) is 27.3 Å². The number of anilines is 3. The standard InChI is InChI=1S/C18H17ClN5O6S/c1-2-30-18(25)15-16(20)23(12-5-7-13(8-6-12)24(26)27)21-17(15)22-31(28,29)14-9-3-11(19)4-10-14/h3-10,26H,2,20H2,1H3,(H,21,22)/q-1. The van der Waals surface area contributed by atoms with Gasteiger partial charge >= 0.3 is 5.97 Å². The van der Waals surface area contributed by atoms with Crippen molar-refractivity contribution in [2.45, 2.75) is 11.8 Å². The molecule has 0 aliphatic rings. The summed E-state index contributed by atoms with van der Waals surface area (Å²) in [6.45, 7) is 1.61. The van der Waals surface area contributed by atoms with Gasteiger partial charge in [-0.2, -0.15) is 0 Å². The van der Waals surface area contributed by atoms with Gasteiger partial charge in [-0.3, -0.25) is 9.93 Å². The van der Waals surface area contributed by atoms with Crippen LogP contribution in [0.5, 0.6) is 0 Å².